The van der Waals surface area contributed by atoms with Gasteiger partial charge in [-0.05, 0) is 25.2 Å². The van der Waals surface area contributed by atoms with Gasteiger partial charge in [0.1, 0.15) is 12.1 Å². The van der Waals surface area contributed by atoms with Gasteiger partial charge in [-0.25, -0.2) is 22.7 Å². The summed E-state index contributed by atoms with van der Waals surface area (Å²) in [5.41, 5.74) is 0.894. The number of hydrogen-bond acceptors (Lipinski definition) is 6. The summed E-state index contributed by atoms with van der Waals surface area (Å²) >= 11 is 0. The van der Waals surface area contributed by atoms with E-state index in [0.29, 0.717) is 25.5 Å². The molecular weight excluding hydrogens is 292 g/mol. The Morgan fingerprint density at radius 3 is 3.00 bits per heavy atom. The number of anilines is 1. The van der Waals surface area contributed by atoms with Crippen LogP contribution in [0.5, 0.6) is 0 Å². The van der Waals surface area contributed by atoms with Crippen LogP contribution in [0.4, 0.5) is 5.82 Å². The third kappa shape index (κ3) is 4.90. The van der Waals surface area contributed by atoms with E-state index in [-0.39, 0.29) is 12.5 Å². The van der Waals surface area contributed by atoms with Gasteiger partial charge in [-0.1, -0.05) is 0 Å². The van der Waals surface area contributed by atoms with Crippen LogP contribution in [-0.4, -0.2) is 60.3 Å². The number of aromatic nitrogens is 2. The zero-order chi connectivity index (χ0) is 15.3. The van der Waals surface area contributed by atoms with Crippen LogP contribution in [0.3, 0.4) is 0 Å². The molecule has 2 rings (SSSR count). The first-order valence-corrected chi connectivity index (χ1v) is 8.94. The molecular formula is C13H22N4O3S. The number of piperidine rings is 1. The van der Waals surface area contributed by atoms with Crippen LogP contribution in [0.25, 0.3) is 0 Å². The van der Waals surface area contributed by atoms with Gasteiger partial charge >= 0.3 is 0 Å². The maximum Gasteiger partial charge on any atom is 0.211 e. The number of nitrogens with zero attached hydrogens (tertiary/aromatic N) is 3. The van der Waals surface area contributed by atoms with Crippen LogP contribution in [0.2, 0.25) is 0 Å². The number of sulfonamides is 1. The third-order valence-electron chi connectivity index (χ3n) is 3.59. The molecule has 1 fully saturated rings. The van der Waals surface area contributed by atoms with E-state index in [1.165, 1.54) is 12.6 Å². The van der Waals surface area contributed by atoms with E-state index in [0.717, 1.165) is 25.0 Å². The lowest BCUT2D eigenvalue weighted by molar-refractivity contribution is 0.265. The van der Waals surface area contributed by atoms with E-state index in [2.05, 4.69) is 15.3 Å². The maximum atomic E-state index is 11.6. The molecule has 0 aliphatic carbocycles. The monoisotopic (exact) mass is 314 g/mol. The Bertz CT molecular complexity index is 564. The van der Waals surface area contributed by atoms with Gasteiger partial charge < -0.3 is 10.4 Å². The lowest BCUT2D eigenvalue weighted by Gasteiger charge is -2.30. The predicted octanol–water partition coefficient (Wildman–Crippen LogP) is 0.0949. The second-order valence-electron chi connectivity index (χ2n) is 5.38. The molecule has 0 unspecified atom stereocenters. The number of aliphatic hydroxyl groups is 1. The molecule has 2 N–H and O–H groups in total. The lowest BCUT2D eigenvalue weighted by atomic mass is 9.94. The highest BCUT2D eigenvalue weighted by Crippen LogP contribution is 2.22. The summed E-state index contributed by atoms with van der Waals surface area (Å²) < 4.78 is 24.8. The molecule has 0 spiro atoms. The van der Waals surface area contributed by atoms with Crippen molar-refractivity contribution >= 4 is 15.8 Å². The van der Waals surface area contributed by atoms with Crippen LogP contribution in [-0.2, 0) is 16.4 Å². The summed E-state index contributed by atoms with van der Waals surface area (Å²) in [6.07, 6.45) is 5.39. The van der Waals surface area contributed by atoms with Crippen molar-refractivity contribution in [3.63, 3.8) is 0 Å². The SMILES string of the molecule is CS(=O)(=O)N1CCC[C@H](Cc2cc(NCCO)ncn2)C1. The van der Waals surface area contributed by atoms with Crippen molar-refractivity contribution in [2.75, 3.05) is 37.8 Å². The number of hydrogen-bond donors (Lipinski definition) is 2. The van der Waals surface area contributed by atoms with Crippen LogP contribution in [0.15, 0.2) is 12.4 Å². The second kappa shape index (κ2) is 7.15. The van der Waals surface area contributed by atoms with Gasteiger partial charge in [0, 0.05) is 31.4 Å². The fourth-order valence-electron chi connectivity index (χ4n) is 2.58. The van der Waals surface area contributed by atoms with Gasteiger partial charge in [0.15, 0.2) is 0 Å². The Morgan fingerprint density at radius 2 is 2.29 bits per heavy atom. The van der Waals surface area contributed by atoms with Crippen LogP contribution >= 0.6 is 0 Å². The fraction of sp³-hybridized carbons (Fsp3) is 0.692. The van der Waals surface area contributed by atoms with E-state index in [9.17, 15) is 8.42 Å². The molecule has 1 aromatic rings. The third-order valence-corrected chi connectivity index (χ3v) is 4.86. The van der Waals surface area contributed by atoms with E-state index in [4.69, 9.17) is 5.11 Å². The zero-order valence-electron chi connectivity index (χ0n) is 12.2. The normalized spacial score (nSPS) is 20.4. The summed E-state index contributed by atoms with van der Waals surface area (Å²) in [5.74, 6) is 0.971. The van der Waals surface area contributed by atoms with Gasteiger partial charge in [0.25, 0.3) is 0 Å². The molecule has 7 nitrogen and oxygen atoms in total. The van der Waals surface area contributed by atoms with Gasteiger partial charge in [-0.3, -0.25) is 0 Å². The number of nitrogens with one attached hydrogen (secondary N) is 1. The molecule has 8 heteroatoms. The van der Waals surface area contributed by atoms with E-state index < -0.39 is 10.0 Å². The first kappa shape index (κ1) is 16.1. The highest BCUT2D eigenvalue weighted by molar-refractivity contribution is 7.88. The Labute approximate surface area is 125 Å². The molecule has 118 valence electrons. The summed E-state index contributed by atoms with van der Waals surface area (Å²) in [4.78, 5) is 8.33. The van der Waals surface area contributed by atoms with E-state index in [1.54, 1.807) is 4.31 Å². The van der Waals surface area contributed by atoms with Crippen molar-refractivity contribution in [2.45, 2.75) is 19.3 Å². The Balaban J connectivity index is 1.97. The van der Waals surface area contributed by atoms with Crippen LogP contribution in [0, 0.1) is 5.92 Å². The average molecular weight is 314 g/mol. The minimum absolute atomic E-state index is 0.0469. The standard InChI is InChI=1S/C13H22N4O3S/c1-21(19,20)17-5-2-3-11(9-17)7-12-8-13(14-4-6-18)16-10-15-12/h8,10-11,18H,2-7,9H2,1H3,(H,14,15,16)/t11-/m1/s1. The molecule has 0 saturated carbocycles. The quantitative estimate of drug-likeness (QED) is 0.773. The lowest BCUT2D eigenvalue weighted by Crippen LogP contribution is -2.39. The van der Waals surface area contributed by atoms with Crippen molar-refractivity contribution < 1.29 is 13.5 Å². The van der Waals surface area contributed by atoms with E-state index in [1.807, 2.05) is 6.07 Å². The van der Waals surface area contributed by atoms with Gasteiger partial charge in [0.05, 0.1) is 12.9 Å². The summed E-state index contributed by atoms with van der Waals surface area (Å²) in [5, 5.41) is 11.8. The molecule has 0 amide bonds. The fourth-order valence-corrected chi connectivity index (χ4v) is 3.52. The van der Waals surface area contributed by atoms with E-state index >= 15 is 0 Å². The minimum Gasteiger partial charge on any atom is -0.395 e. The molecule has 0 radical (unpaired) electrons. The molecule has 1 saturated heterocycles. The Morgan fingerprint density at radius 1 is 1.48 bits per heavy atom. The molecule has 0 bridgehead atoms. The molecule has 0 aromatic carbocycles. The molecule has 2 heterocycles. The smallest absolute Gasteiger partial charge is 0.211 e. The molecule has 1 aliphatic rings. The predicted molar refractivity (Wildman–Crippen MR) is 80.5 cm³/mol. The number of rotatable bonds is 6. The first-order valence-electron chi connectivity index (χ1n) is 7.10. The van der Waals surface area contributed by atoms with Crippen molar-refractivity contribution in [1.82, 2.24) is 14.3 Å². The Hall–Kier alpha value is -1.25. The average Bonchev–Trinajstić information content (AvgIpc) is 2.45. The van der Waals surface area contributed by atoms with Gasteiger partial charge in [0.2, 0.25) is 10.0 Å². The summed E-state index contributed by atoms with van der Waals surface area (Å²) in [7, 11) is -3.11. The second-order valence-corrected chi connectivity index (χ2v) is 7.36. The van der Waals surface area contributed by atoms with Crippen LogP contribution in [0.1, 0.15) is 18.5 Å². The van der Waals surface area contributed by atoms with Gasteiger partial charge in [-0.2, -0.15) is 0 Å². The van der Waals surface area contributed by atoms with Crippen molar-refractivity contribution in [1.29, 1.82) is 0 Å². The van der Waals surface area contributed by atoms with Crippen LogP contribution < -0.4 is 5.32 Å². The minimum atomic E-state index is -3.11. The number of aliphatic hydroxyl groups excluding tert-OH is 1. The molecule has 1 aliphatic heterocycles. The molecule has 1 aromatic heterocycles. The van der Waals surface area contributed by atoms with Crippen molar-refractivity contribution in [3.05, 3.63) is 18.1 Å². The summed E-state index contributed by atoms with van der Waals surface area (Å²) in [6.45, 7) is 1.66. The highest BCUT2D eigenvalue weighted by Gasteiger charge is 2.26. The topological polar surface area (TPSA) is 95.4 Å². The first-order chi connectivity index (χ1) is 9.99. The van der Waals surface area contributed by atoms with Gasteiger partial charge in [-0.15, -0.1) is 0 Å². The summed E-state index contributed by atoms with van der Waals surface area (Å²) in [6, 6.07) is 1.86. The Kier molecular flexibility index (Phi) is 5.49. The van der Waals surface area contributed by atoms with Crippen molar-refractivity contribution in [3.8, 4) is 0 Å². The highest BCUT2D eigenvalue weighted by atomic mass is 32.2. The maximum absolute atomic E-state index is 11.6. The largest absolute Gasteiger partial charge is 0.395 e. The molecule has 1 atom stereocenters. The zero-order valence-corrected chi connectivity index (χ0v) is 13.0. The van der Waals surface area contributed by atoms with Crippen molar-refractivity contribution in [2.24, 2.45) is 5.92 Å². The molecule has 21 heavy (non-hydrogen) atoms.